The van der Waals surface area contributed by atoms with Gasteiger partial charge in [0.05, 0.1) is 13.7 Å². The zero-order chi connectivity index (χ0) is 18.1. The average Bonchev–Trinajstić information content (AvgIpc) is 2.97. The Bertz CT molecular complexity index is 570. The molecule has 1 heterocycles. The van der Waals surface area contributed by atoms with E-state index in [1.54, 1.807) is 4.90 Å². The summed E-state index contributed by atoms with van der Waals surface area (Å²) in [6, 6.07) is -0.552. The van der Waals surface area contributed by atoms with Crippen LogP contribution in [0.3, 0.4) is 0 Å². The van der Waals surface area contributed by atoms with Crippen LogP contribution in [0.4, 0.5) is 0 Å². The molecular weight excluding hydrogens is 306 g/mol. The van der Waals surface area contributed by atoms with Crippen LogP contribution in [0.5, 0.6) is 0 Å². The van der Waals surface area contributed by atoms with Crippen molar-refractivity contribution < 1.29 is 19.4 Å². The minimum absolute atomic E-state index is 0.0114. The fraction of sp³-hybridized carbons (Fsp3) is 0.684. The summed E-state index contributed by atoms with van der Waals surface area (Å²) in [6.07, 6.45) is 5.54. The van der Waals surface area contributed by atoms with Gasteiger partial charge in [-0.1, -0.05) is 45.4 Å². The maximum absolute atomic E-state index is 12.7. The smallest absolute Gasteiger partial charge is 0.329 e. The number of esters is 1. The van der Waals surface area contributed by atoms with Crippen molar-refractivity contribution >= 4 is 11.9 Å². The third kappa shape index (κ3) is 3.56. The number of aliphatic hydroxyl groups excluding tert-OH is 1. The van der Waals surface area contributed by atoms with E-state index in [0.717, 1.165) is 18.4 Å². The molecule has 3 unspecified atom stereocenters. The maximum Gasteiger partial charge on any atom is 0.329 e. The third-order valence-electron chi connectivity index (χ3n) is 5.09. The predicted octanol–water partition coefficient (Wildman–Crippen LogP) is 2.31. The lowest BCUT2D eigenvalue weighted by Gasteiger charge is -2.33. The van der Waals surface area contributed by atoms with Crippen LogP contribution in [-0.4, -0.2) is 48.2 Å². The molecule has 134 valence electrons. The summed E-state index contributed by atoms with van der Waals surface area (Å²) in [5.41, 5.74) is 1.65. The molecule has 1 N–H and O–H groups in total. The van der Waals surface area contributed by atoms with Crippen molar-refractivity contribution in [3.05, 3.63) is 23.3 Å². The van der Waals surface area contributed by atoms with Crippen molar-refractivity contribution in [3.8, 4) is 0 Å². The Morgan fingerprint density at radius 1 is 1.33 bits per heavy atom. The van der Waals surface area contributed by atoms with Gasteiger partial charge in [-0.3, -0.25) is 4.79 Å². The molecule has 24 heavy (non-hydrogen) atoms. The molecule has 2 aliphatic rings. The number of allylic oxidation sites excluding steroid dienone is 2. The molecule has 0 saturated carbocycles. The Hall–Kier alpha value is -1.62. The molecule has 2 rings (SSSR count). The summed E-state index contributed by atoms with van der Waals surface area (Å²) in [7, 11) is 1.37. The van der Waals surface area contributed by atoms with E-state index in [1.165, 1.54) is 12.7 Å². The van der Waals surface area contributed by atoms with Gasteiger partial charge < -0.3 is 14.7 Å². The first-order valence-corrected chi connectivity index (χ1v) is 8.60. The van der Waals surface area contributed by atoms with E-state index in [9.17, 15) is 14.7 Å². The molecule has 1 saturated heterocycles. The number of ether oxygens (including phenoxy) is 1. The number of carbonyl (C=O) groups excluding carboxylic acids is 2. The number of amides is 1. The van der Waals surface area contributed by atoms with E-state index in [1.807, 2.05) is 32.9 Å². The Morgan fingerprint density at radius 3 is 2.50 bits per heavy atom. The molecule has 1 fully saturated rings. The van der Waals surface area contributed by atoms with Crippen molar-refractivity contribution in [2.45, 2.75) is 46.6 Å². The van der Waals surface area contributed by atoms with Crippen molar-refractivity contribution in [2.75, 3.05) is 20.3 Å². The van der Waals surface area contributed by atoms with E-state index in [4.69, 9.17) is 4.74 Å². The first kappa shape index (κ1) is 18.7. The van der Waals surface area contributed by atoms with Crippen molar-refractivity contribution in [1.82, 2.24) is 4.90 Å². The Labute approximate surface area is 144 Å². The maximum atomic E-state index is 12.7. The molecular formula is C19H29NO4. The molecule has 0 aromatic heterocycles. The number of nitrogens with zero attached hydrogens (tertiary/aromatic N) is 1. The van der Waals surface area contributed by atoms with Crippen LogP contribution < -0.4 is 0 Å². The molecule has 0 radical (unpaired) electrons. The van der Waals surface area contributed by atoms with Gasteiger partial charge in [0.2, 0.25) is 5.91 Å². The number of methoxy groups -OCH3 is 1. The standard InChI is InChI=1S/C19H29NO4/c1-12-10-13(6-7-14(12)11-21)15-8-9-20(16(15)17(22)24-5)18(23)19(2,3)4/h6-7,12,15-16,21H,8-11H2,1-5H3. The van der Waals surface area contributed by atoms with Gasteiger partial charge in [-0.2, -0.15) is 0 Å². The molecule has 1 aliphatic carbocycles. The van der Waals surface area contributed by atoms with Crippen LogP contribution in [-0.2, 0) is 14.3 Å². The molecule has 5 nitrogen and oxygen atoms in total. The van der Waals surface area contributed by atoms with Crippen LogP contribution in [0.2, 0.25) is 0 Å². The molecule has 5 heteroatoms. The Morgan fingerprint density at radius 2 is 2.00 bits per heavy atom. The SMILES string of the molecule is COC(=O)C1C(C2=CC=C(CO)C(C)C2)CCN1C(=O)C(C)(C)C. The Kier molecular flexibility index (Phi) is 5.53. The number of likely N-dealkylation sites (tertiary alicyclic amines) is 1. The van der Waals surface area contributed by atoms with E-state index < -0.39 is 11.5 Å². The minimum atomic E-state index is -0.552. The fourth-order valence-corrected chi connectivity index (χ4v) is 3.67. The zero-order valence-electron chi connectivity index (χ0n) is 15.3. The monoisotopic (exact) mass is 335 g/mol. The highest BCUT2D eigenvalue weighted by molar-refractivity contribution is 5.88. The van der Waals surface area contributed by atoms with E-state index in [2.05, 4.69) is 6.92 Å². The second kappa shape index (κ2) is 7.09. The number of carbonyl (C=O) groups is 2. The first-order valence-electron chi connectivity index (χ1n) is 8.60. The largest absolute Gasteiger partial charge is 0.467 e. The molecule has 0 aromatic carbocycles. The van der Waals surface area contributed by atoms with Crippen LogP contribution in [0.25, 0.3) is 0 Å². The highest BCUT2D eigenvalue weighted by Crippen LogP contribution is 2.39. The summed E-state index contributed by atoms with van der Waals surface area (Å²) in [5, 5.41) is 9.37. The number of hydrogen-bond acceptors (Lipinski definition) is 4. The molecule has 0 bridgehead atoms. The quantitative estimate of drug-likeness (QED) is 0.804. The normalized spacial score (nSPS) is 27.6. The van der Waals surface area contributed by atoms with Gasteiger partial charge in [-0.15, -0.1) is 0 Å². The summed E-state index contributed by atoms with van der Waals surface area (Å²) < 4.78 is 5.00. The zero-order valence-corrected chi connectivity index (χ0v) is 15.3. The lowest BCUT2D eigenvalue weighted by Crippen LogP contribution is -2.48. The average molecular weight is 335 g/mol. The van der Waals surface area contributed by atoms with Crippen LogP contribution >= 0.6 is 0 Å². The molecule has 3 atom stereocenters. The lowest BCUT2D eigenvalue weighted by molar-refractivity contribution is -0.154. The highest BCUT2D eigenvalue weighted by atomic mass is 16.5. The van der Waals surface area contributed by atoms with Crippen molar-refractivity contribution in [2.24, 2.45) is 17.3 Å². The first-order chi connectivity index (χ1) is 11.2. The van der Waals surface area contributed by atoms with E-state index >= 15 is 0 Å². The highest BCUT2D eigenvalue weighted by Gasteiger charge is 2.46. The second-order valence-corrected chi connectivity index (χ2v) is 7.86. The summed E-state index contributed by atoms with van der Waals surface area (Å²) in [4.78, 5) is 26.8. The van der Waals surface area contributed by atoms with Gasteiger partial charge in [0.25, 0.3) is 0 Å². The number of rotatable bonds is 3. The number of aliphatic hydroxyl groups is 1. The summed E-state index contributed by atoms with van der Waals surface area (Å²) in [6.45, 7) is 8.32. The molecule has 1 amide bonds. The molecule has 0 aromatic rings. The fourth-order valence-electron chi connectivity index (χ4n) is 3.67. The van der Waals surface area contributed by atoms with Crippen LogP contribution in [0.15, 0.2) is 23.3 Å². The van der Waals surface area contributed by atoms with Gasteiger partial charge in [-0.05, 0) is 24.3 Å². The van der Waals surface area contributed by atoms with Crippen molar-refractivity contribution in [3.63, 3.8) is 0 Å². The lowest BCUT2D eigenvalue weighted by atomic mass is 9.80. The van der Waals surface area contributed by atoms with Gasteiger partial charge >= 0.3 is 5.97 Å². The summed E-state index contributed by atoms with van der Waals surface area (Å²) in [5.74, 6) is -0.125. The number of hydrogen-bond donors (Lipinski definition) is 1. The van der Waals surface area contributed by atoms with Crippen LogP contribution in [0, 0.1) is 17.3 Å². The van der Waals surface area contributed by atoms with Gasteiger partial charge in [0, 0.05) is 17.9 Å². The second-order valence-electron chi connectivity index (χ2n) is 7.86. The van der Waals surface area contributed by atoms with Crippen LogP contribution in [0.1, 0.15) is 40.5 Å². The Balaban J connectivity index is 2.31. The third-order valence-corrected chi connectivity index (χ3v) is 5.09. The topological polar surface area (TPSA) is 66.8 Å². The molecule has 1 aliphatic heterocycles. The van der Waals surface area contributed by atoms with Gasteiger partial charge in [0.15, 0.2) is 0 Å². The predicted molar refractivity (Wildman–Crippen MR) is 92.1 cm³/mol. The van der Waals surface area contributed by atoms with Gasteiger partial charge in [0.1, 0.15) is 6.04 Å². The van der Waals surface area contributed by atoms with Gasteiger partial charge in [-0.25, -0.2) is 4.79 Å². The van der Waals surface area contributed by atoms with E-state index in [-0.39, 0.29) is 30.3 Å². The minimum Gasteiger partial charge on any atom is -0.467 e. The van der Waals surface area contributed by atoms with E-state index in [0.29, 0.717) is 6.54 Å². The summed E-state index contributed by atoms with van der Waals surface area (Å²) >= 11 is 0. The molecule has 0 spiro atoms. The van der Waals surface area contributed by atoms with Crippen molar-refractivity contribution in [1.29, 1.82) is 0 Å².